The Morgan fingerprint density at radius 3 is 2.33 bits per heavy atom. The van der Waals surface area contributed by atoms with Crippen molar-refractivity contribution in [3.63, 3.8) is 0 Å². The first kappa shape index (κ1) is 11.9. The van der Waals surface area contributed by atoms with Gasteiger partial charge in [0.25, 0.3) is 0 Å². The summed E-state index contributed by atoms with van der Waals surface area (Å²) in [4.78, 5) is 0. The highest BCUT2D eigenvalue weighted by Gasteiger charge is 2.11. The van der Waals surface area contributed by atoms with Gasteiger partial charge in [-0.1, -0.05) is 6.92 Å². The summed E-state index contributed by atoms with van der Waals surface area (Å²) in [7, 11) is 0. The lowest BCUT2D eigenvalue weighted by molar-refractivity contribution is 0.282. The highest BCUT2D eigenvalue weighted by molar-refractivity contribution is 5.31. The largest absolute Gasteiger partial charge is 0.488 e. The van der Waals surface area contributed by atoms with Crippen molar-refractivity contribution in [3.8, 4) is 5.75 Å². The van der Waals surface area contributed by atoms with E-state index in [1.165, 1.54) is 12.1 Å². The van der Waals surface area contributed by atoms with Gasteiger partial charge in [-0.15, -0.1) is 0 Å². The average Bonchev–Trinajstić information content (AvgIpc) is 2.17. The molecule has 15 heavy (non-hydrogen) atoms. The topological polar surface area (TPSA) is 29.5 Å². The summed E-state index contributed by atoms with van der Waals surface area (Å²) in [6.45, 7) is 2.01. The smallest absolute Gasteiger partial charge is 0.190 e. The molecule has 1 aromatic carbocycles. The second kappa shape index (κ2) is 5.66. The first-order chi connectivity index (χ1) is 7.19. The normalized spacial score (nSPS) is 10.4. The van der Waals surface area contributed by atoms with E-state index in [9.17, 15) is 8.78 Å². The van der Waals surface area contributed by atoms with Crippen LogP contribution in [0.4, 0.5) is 8.78 Å². The standard InChI is InChI=1S/C11H14F2O2/c1-2-5-15-11-9(12)6-8(3-4-14)7-10(11)13/h6-7,14H,2-5H2,1H3. The molecule has 0 fully saturated rings. The van der Waals surface area contributed by atoms with Crippen LogP contribution in [0.15, 0.2) is 12.1 Å². The maximum absolute atomic E-state index is 13.3. The Morgan fingerprint density at radius 2 is 1.87 bits per heavy atom. The van der Waals surface area contributed by atoms with E-state index in [1.54, 1.807) is 0 Å². The second-order valence-electron chi connectivity index (χ2n) is 3.21. The van der Waals surface area contributed by atoms with E-state index < -0.39 is 11.6 Å². The van der Waals surface area contributed by atoms with E-state index >= 15 is 0 Å². The Labute approximate surface area is 87.5 Å². The zero-order chi connectivity index (χ0) is 11.3. The molecule has 0 amide bonds. The second-order valence-corrected chi connectivity index (χ2v) is 3.21. The fraction of sp³-hybridized carbons (Fsp3) is 0.455. The van der Waals surface area contributed by atoms with Crippen molar-refractivity contribution < 1.29 is 18.6 Å². The Hall–Kier alpha value is -1.16. The molecule has 0 saturated heterocycles. The van der Waals surface area contributed by atoms with Gasteiger partial charge in [0.1, 0.15) is 0 Å². The number of benzene rings is 1. The minimum atomic E-state index is -0.716. The molecule has 0 aliphatic heterocycles. The predicted molar refractivity (Wildman–Crippen MR) is 52.9 cm³/mol. The molecule has 1 aromatic rings. The molecule has 84 valence electrons. The van der Waals surface area contributed by atoms with Gasteiger partial charge in [-0.25, -0.2) is 8.78 Å². The van der Waals surface area contributed by atoms with Crippen molar-refractivity contribution in [3.05, 3.63) is 29.3 Å². The lowest BCUT2D eigenvalue weighted by Crippen LogP contribution is -2.02. The van der Waals surface area contributed by atoms with Crippen molar-refractivity contribution in [1.82, 2.24) is 0 Å². The minimum Gasteiger partial charge on any atom is -0.488 e. The molecule has 0 radical (unpaired) electrons. The number of hydrogen-bond acceptors (Lipinski definition) is 2. The summed E-state index contributed by atoms with van der Waals surface area (Å²) < 4.78 is 31.6. The van der Waals surface area contributed by atoms with Crippen LogP contribution in [0.3, 0.4) is 0 Å². The average molecular weight is 216 g/mol. The molecule has 0 bridgehead atoms. The van der Waals surface area contributed by atoms with Crippen LogP contribution in [-0.4, -0.2) is 18.3 Å². The highest BCUT2D eigenvalue weighted by Crippen LogP contribution is 2.23. The van der Waals surface area contributed by atoms with Crippen molar-refractivity contribution in [2.75, 3.05) is 13.2 Å². The zero-order valence-corrected chi connectivity index (χ0v) is 8.59. The molecule has 0 heterocycles. The molecule has 0 atom stereocenters. The molecular formula is C11H14F2O2. The van der Waals surface area contributed by atoms with Gasteiger partial charge in [0.05, 0.1) is 6.61 Å². The fourth-order valence-electron chi connectivity index (χ4n) is 1.23. The van der Waals surface area contributed by atoms with Gasteiger partial charge in [0.2, 0.25) is 0 Å². The summed E-state index contributed by atoms with van der Waals surface area (Å²) in [5.74, 6) is -1.77. The first-order valence-corrected chi connectivity index (χ1v) is 4.90. The van der Waals surface area contributed by atoms with E-state index in [1.807, 2.05) is 6.92 Å². The Bertz CT molecular complexity index is 303. The van der Waals surface area contributed by atoms with E-state index in [0.29, 0.717) is 12.0 Å². The number of hydrogen-bond donors (Lipinski definition) is 1. The van der Waals surface area contributed by atoms with E-state index in [2.05, 4.69) is 0 Å². The summed E-state index contributed by atoms with van der Waals surface area (Å²) in [6.07, 6.45) is 0.930. The SMILES string of the molecule is CCCOc1c(F)cc(CCO)cc1F. The van der Waals surface area contributed by atoms with Gasteiger partial charge in [-0.05, 0) is 30.5 Å². The van der Waals surface area contributed by atoms with Crippen LogP contribution in [0.1, 0.15) is 18.9 Å². The minimum absolute atomic E-state index is 0.131. The molecule has 1 rings (SSSR count). The number of ether oxygens (including phenoxy) is 1. The van der Waals surface area contributed by atoms with E-state index in [0.717, 1.165) is 0 Å². The van der Waals surface area contributed by atoms with Gasteiger partial charge in [-0.2, -0.15) is 0 Å². The molecule has 0 spiro atoms. The predicted octanol–water partition coefficient (Wildman–Crippen LogP) is 2.29. The molecule has 0 aliphatic carbocycles. The summed E-state index contributed by atoms with van der Waals surface area (Å²) in [5, 5.41) is 8.64. The molecule has 1 N–H and O–H groups in total. The molecule has 0 saturated carbocycles. The molecular weight excluding hydrogens is 202 g/mol. The van der Waals surface area contributed by atoms with E-state index in [4.69, 9.17) is 9.84 Å². The van der Waals surface area contributed by atoms with Crippen LogP contribution in [0.25, 0.3) is 0 Å². The summed E-state index contributed by atoms with van der Waals surface area (Å²) in [6, 6.07) is 2.37. The number of aliphatic hydroxyl groups is 1. The van der Waals surface area contributed by atoms with Gasteiger partial charge in [0, 0.05) is 6.61 Å². The lowest BCUT2D eigenvalue weighted by Gasteiger charge is -2.08. The molecule has 0 aliphatic rings. The quantitative estimate of drug-likeness (QED) is 0.818. The fourth-order valence-corrected chi connectivity index (χ4v) is 1.23. The van der Waals surface area contributed by atoms with Crippen LogP contribution >= 0.6 is 0 Å². The van der Waals surface area contributed by atoms with Crippen molar-refractivity contribution in [2.24, 2.45) is 0 Å². The van der Waals surface area contributed by atoms with Crippen molar-refractivity contribution >= 4 is 0 Å². The number of aliphatic hydroxyl groups excluding tert-OH is 1. The maximum Gasteiger partial charge on any atom is 0.190 e. The molecule has 2 nitrogen and oxygen atoms in total. The maximum atomic E-state index is 13.3. The van der Waals surface area contributed by atoms with Gasteiger partial charge < -0.3 is 9.84 Å². The Morgan fingerprint density at radius 1 is 1.27 bits per heavy atom. The third-order valence-electron chi connectivity index (χ3n) is 1.91. The summed E-state index contributed by atoms with van der Waals surface area (Å²) in [5.41, 5.74) is 0.427. The first-order valence-electron chi connectivity index (χ1n) is 4.90. The van der Waals surface area contributed by atoms with Crippen molar-refractivity contribution in [2.45, 2.75) is 19.8 Å². The number of rotatable bonds is 5. The van der Waals surface area contributed by atoms with Crippen LogP contribution in [0.5, 0.6) is 5.75 Å². The zero-order valence-electron chi connectivity index (χ0n) is 8.59. The van der Waals surface area contributed by atoms with E-state index in [-0.39, 0.29) is 25.4 Å². The van der Waals surface area contributed by atoms with Crippen LogP contribution < -0.4 is 4.74 Å². The van der Waals surface area contributed by atoms with Gasteiger partial charge in [-0.3, -0.25) is 0 Å². The highest BCUT2D eigenvalue weighted by atomic mass is 19.1. The monoisotopic (exact) mass is 216 g/mol. The van der Waals surface area contributed by atoms with Crippen LogP contribution in [-0.2, 0) is 6.42 Å². The Balaban J connectivity index is 2.88. The lowest BCUT2D eigenvalue weighted by atomic mass is 10.1. The Kier molecular flexibility index (Phi) is 4.49. The molecule has 0 unspecified atom stereocenters. The molecule has 0 aromatic heterocycles. The molecule has 4 heteroatoms. The third-order valence-corrected chi connectivity index (χ3v) is 1.91. The van der Waals surface area contributed by atoms with Crippen LogP contribution in [0.2, 0.25) is 0 Å². The van der Waals surface area contributed by atoms with Crippen molar-refractivity contribution in [1.29, 1.82) is 0 Å². The summed E-state index contributed by atoms with van der Waals surface area (Å²) >= 11 is 0. The van der Waals surface area contributed by atoms with Gasteiger partial charge in [0.15, 0.2) is 17.4 Å². The van der Waals surface area contributed by atoms with Crippen LogP contribution in [0, 0.1) is 11.6 Å². The number of halogens is 2. The third kappa shape index (κ3) is 3.16. The van der Waals surface area contributed by atoms with Gasteiger partial charge >= 0.3 is 0 Å².